The number of hydrogen-bond donors (Lipinski definition) is 0. The van der Waals surface area contributed by atoms with Gasteiger partial charge in [-0.1, -0.05) is 32.9 Å². The Kier molecular flexibility index (Phi) is 9.46. The van der Waals surface area contributed by atoms with E-state index in [0.29, 0.717) is 0 Å². The summed E-state index contributed by atoms with van der Waals surface area (Å²) < 4.78 is 18.3. The first-order valence-corrected chi connectivity index (χ1v) is 13.2. The zero-order valence-electron chi connectivity index (χ0n) is 18.3. The lowest BCUT2D eigenvalue weighted by Crippen LogP contribution is -2.50. The van der Waals surface area contributed by atoms with E-state index in [1.807, 2.05) is 19.1 Å². The molecule has 4 atom stereocenters. The Morgan fingerprint density at radius 2 is 1.96 bits per heavy atom. The normalized spacial score (nSPS) is 24.9. The monoisotopic (exact) mass is 396 g/mol. The molecule has 156 valence electrons. The Labute approximate surface area is 167 Å². The number of ether oxygens (including phenoxy) is 2. The van der Waals surface area contributed by atoms with Gasteiger partial charge < -0.3 is 13.9 Å². The Balaban J connectivity index is 2.71. The summed E-state index contributed by atoms with van der Waals surface area (Å²) in [5, 5.41) is 0.118. The van der Waals surface area contributed by atoms with Gasteiger partial charge in [0, 0.05) is 0 Å². The van der Waals surface area contributed by atoms with E-state index in [4.69, 9.17) is 13.9 Å². The first-order valence-electron chi connectivity index (χ1n) is 10.3. The second-order valence-electron chi connectivity index (χ2n) is 9.17. The van der Waals surface area contributed by atoms with E-state index in [1.165, 1.54) is 0 Å². The lowest BCUT2D eigenvalue weighted by Gasteiger charge is -2.44. The van der Waals surface area contributed by atoms with Crippen LogP contribution < -0.4 is 0 Å². The van der Waals surface area contributed by atoms with Crippen molar-refractivity contribution < 1.29 is 18.7 Å². The Morgan fingerprint density at radius 1 is 1.30 bits per heavy atom. The topological polar surface area (TPSA) is 44.8 Å². The number of carbonyl (C=O) groups excluding carboxylic acids is 1. The van der Waals surface area contributed by atoms with Gasteiger partial charge in [0.1, 0.15) is 0 Å². The summed E-state index contributed by atoms with van der Waals surface area (Å²) >= 11 is 0. The molecule has 1 saturated heterocycles. The van der Waals surface area contributed by atoms with Crippen molar-refractivity contribution in [1.29, 1.82) is 0 Å². The molecule has 1 aliphatic heterocycles. The predicted molar refractivity (Wildman–Crippen MR) is 114 cm³/mol. The van der Waals surface area contributed by atoms with Crippen molar-refractivity contribution in [2.75, 3.05) is 0 Å². The summed E-state index contributed by atoms with van der Waals surface area (Å²) in [4.78, 5) is 12.5. The van der Waals surface area contributed by atoms with E-state index in [1.54, 1.807) is 0 Å². The molecule has 27 heavy (non-hydrogen) atoms. The van der Waals surface area contributed by atoms with Crippen LogP contribution in [0.25, 0.3) is 0 Å². The van der Waals surface area contributed by atoms with Gasteiger partial charge in [0.25, 0.3) is 0 Å². The summed E-state index contributed by atoms with van der Waals surface area (Å²) in [5.41, 5.74) is 0. The first-order chi connectivity index (χ1) is 12.5. The van der Waals surface area contributed by atoms with E-state index >= 15 is 0 Å². The van der Waals surface area contributed by atoms with Gasteiger partial charge in [-0.3, -0.25) is 4.79 Å². The number of allylic oxidation sites excluding steroid dienone is 1. The van der Waals surface area contributed by atoms with Gasteiger partial charge in [-0.2, -0.15) is 0 Å². The quantitative estimate of drug-likeness (QED) is 0.203. The fraction of sp³-hybridized carbons (Fsp3) is 0.773. The summed E-state index contributed by atoms with van der Waals surface area (Å²) in [6, 6.07) is 0. The van der Waals surface area contributed by atoms with Gasteiger partial charge >= 0.3 is 5.97 Å². The van der Waals surface area contributed by atoms with Gasteiger partial charge in [0.2, 0.25) is 0 Å². The minimum absolute atomic E-state index is 0.0212. The number of rotatable bonds is 10. The largest absolute Gasteiger partial charge is 0.463 e. The minimum atomic E-state index is -1.94. The maximum Gasteiger partial charge on any atom is 0.308 e. The maximum atomic E-state index is 12.5. The van der Waals surface area contributed by atoms with Crippen LogP contribution in [0.2, 0.25) is 18.1 Å². The van der Waals surface area contributed by atoms with E-state index in [0.717, 1.165) is 32.1 Å². The molecule has 0 radical (unpaired) electrons. The molecule has 0 bridgehead atoms. The zero-order chi connectivity index (χ0) is 20.7. The second-order valence-corrected chi connectivity index (χ2v) is 13.9. The molecular formula is C22H40O4Si. The third-order valence-corrected chi connectivity index (χ3v) is 10.2. The van der Waals surface area contributed by atoms with E-state index in [-0.39, 0.29) is 41.8 Å². The smallest absolute Gasteiger partial charge is 0.308 e. The summed E-state index contributed by atoms with van der Waals surface area (Å²) in [5.74, 6) is -0.209. The molecule has 0 spiro atoms. The van der Waals surface area contributed by atoms with Crippen molar-refractivity contribution in [3.05, 3.63) is 25.3 Å². The molecule has 0 unspecified atom stereocenters. The molecule has 0 aromatic rings. The fourth-order valence-corrected chi connectivity index (χ4v) is 4.36. The van der Waals surface area contributed by atoms with Crippen LogP contribution in [0.1, 0.15) is 66.2 Å². The molecule has 0 aromatic heterocycles. The van der Waals surface area contributed by atoms with Crippen LogP contribution in [-0.4, -0.2) is 38.7 Å². The Morgan fingerprint density at radius 3 is 2.52 bits per heavy atom. The molecule has 0 N–H and O–H groups in total. The summed E-state index contributed by atoms with van der Waals surface area (Å²) in [6.07, 6.45) is 8.03. The van der Waals surface area contributed by atoms with Crippen LogP contribution in [0.3, 0.4) is 0 Å². The highest BCUT2D eigenvalue weighted by Gasteiger charge is 2.43. The Bertz CT molecular complexity index is 495. The maximum absolute atomic E-state index is 12.5. The summed E-state index contributed by atoms with van der Waals surface area (Å²) in [7, 11) is -1.94. The van der Waals surface area contributed by atoms with E-state index in [9.17, 15) is 4.79 Å². The van der Waals surface area contributed by atoms with Gasteiger partial charge in [-0.05, 0) is 57.2 Å². The molecule has 0 amide bonds. The average Bonchev–Trinajstić information content (AvgIpc) is 2.55. The minimum Gasteiger partial charge on any atom is -0.463 e. The SMILES string of the molecule is C=CCCC[C@H](C)OC(=O)C[C@H]1O[C@@H](C=C)CC[C@@H]1O[Si](C)(C)C(C)(C)C. The molecular weight excluding hydrogens is 356 g/mol. The lowest BCUT2D eigenvalue weighted by molar-refractivity contribution is -0.159. The van der Waals surface area contributed by atoms with Gasteiger partial charge in [-0.15, -0.1) is 13.2 Å². The van der Waals surface area contributed by atoms with Crippen molar-refractivity contribution in [2.24, 2.45) is 0 Å². The highest BCUT2D eigenvalue weighted by Crippen LogP contribution is 2.39. The van der Waals surface area contributed by atoms with Crippen molar-refractivity contribution in [2.45, 2.75) is 109 Å². The number of carbonyl (C=O) groups is 1. The van der Waals surface area contributed by atoms with Gasteiger partial charge in [-0.25, -0.2) is 0 Å². The standard InChI is InChI=1S/C22H40O4Si/c1-9-11-12-13-17(3)24-21(23)16-20-19(15-14-18(10-2)25-20)26-27(7,8)22(4,5)6/h9-10,17-20H,1-2,11-16H2,3-8H3/t17-,18-,19-,20+/m0/s1. The lowest BCUT2D eigenvalue weighted by atomic mass is 9.99. The average molecular weight is 397 g/mol. The molecule has 1 rings (SSSR count). The molecule has 1 fully saturated rings. The molecule has 0 aliphatic carbocycles. The summed E-state index contributed by atoms with van der Waals surface area (Å²) in [6.45, 7) is 20.7. The van der Waals surface area contributed by atoms with Gasteiger partial charge in [0.15, 0.2) is 8.32 Å². The van der Waals surface area contributed by atoms with Crippen LogP contribution >= 0.6 is 0 Å². The first kappa shape index (κ1) is 24.1. The van der Waals surface area contributed by atoms with Crippen LogP contribution in [0.4, 0.5) is 0 Å². The predicted octanol–water partition coefficient (Wildman–Crippen LogP) is 5.79. The van der Waals surface area contributed by atoms with Crippen molar-refractivity contribution >= 4 is 14.3 Å². The van der Waals surface area contributed by atoms with Crippen molar-refractivity contribution in [1.82, 2.24) is 0 Å². The van der Waals surface area contributed by atoms with E-state index in [2.05, 4.69) is 47.0 Å². The van der Waals surface area contributed by atoms with Crippen LogP contribution in [0, 0.1) is 0 Å². The molecule has 4 nitrogen and oxygen atoms in total. The zero-order valence-corrected chi connectivity index (χ0v) is 19.3. The number of esters is 1. The third-order valence-electron chi connectivity index (χ3n) is 5.73. The van der Waals surface area contributed by atoms with Gasteiger partial charge in [0.05, 0.1) is 30.8 Å². The van der Waals surface area contributed by atoms with Crippen molar-refractivity contribution in [3.8, 4) is 0 Å². The number of unbranched alkanes of at least 4 members (excludes halogenated alkanes) is 1. The molecule has 0 saturated carbocycles. The van der Waals surface area contributed by atoms with Crippen LogP contribution in [-0.2, 0) is 18.7 Å². The third kappa shape index (κ3) is 7.92. The second kappa shape index (κ2) is 10.6. The molecule has 1 aliphatic rings. The highest BCUT2D eigenvalue weighted by atomic mass is 28.4. The number of hydrogen-bond acceptors (Lipinski definition) is 4. The van der Waals surface area contributed by atoms with Crippen molar-refractivity contribution in [3.63, 3.8) is 0 Å². The van der Waals surface area contributed by atoms with Crippen LogP contribution in [0.15, 0.2) is 25.3 Å². The molecule has 0 aromatic carbocycles. The highest BCUT2D eigenvalue weighted by molar-refractivity contribution is 6.74. The molecule has 1 heterocycles. The molecule has 5 heteroatoms. The fourth-order valence-electron chi connectivity index (χ4n) is 2.98. The Hall–Kier alpha value is -0.913. The van der Waals surface area contributed by atoms with Crippen LogP contribution in [0.5, 0.6) is 0 Å². The van der Waals surface area contributed by atoms with E-state index < -0.39 is 8.32 Å².